The Morgan fingerprint density at radius 1 is 1.07 bits per heavy atom. The Morgan fingerprint density at radius 3 is 2.36 bits per heavy atom. The summed E-state index contributed by atoms with van der Waals surface area (Å²) < 4.78 is 5.88. The Bertz CT molecular complexity index is 936. The summed E-state index contributed by atoms with van der Waals surface area (Å²) in [6.45, 7) is 4.27. The lowest BCUT2D eigenvalue weighted by molar-refractivity contribution is -0.570. The van der Waals surface area contributed by atoms with Crippen molar-refractivity contribution in [1.82, 2.24) is 0 Å². The quantitative estimate of drug-likeness (QED) is 0.604. The first kappa shape index (κ1) is 18.2. The number of para-hydroxylation sites is 1. The second-order valence-electron chi connectivity index (χ2n) is 8.07. The topological polar surface area (TPSA) is 76.8 Å². The number of rotatable bonds is 4. The largest absolute Gasteiger partial charge is 0.433 e. The number of nitro groups is 1. The molecule has 0 aromatic heterocycles. The molecular formula is C22H23N3O3. The van der Waals surface area contributed by atoms with Crippen molar-refractivity contribution in [3.8, 4) is 0 Å². The zero-order valence-electron chi connectivity index (χ0n) is 16.0. The average Bonchev–Trinajstić information content (AvgIpc) is 3.06. The van der Waals surface area contributed by atoms with E-state index in [1.54, 1.807) is 0 Å². The smallest absolute Gasteiger partial charge is 0.364 e. The van der Waals surface area contributed by atoms with Crippen molar-refractivity contribution in [2.45, 2.75) is 38.8 Å². The maximum absolute atomic E-state index is 11.8. The van der Waals surface area contributed by atoms with Gasteiger partial charge in [-0.2, -0.15) is 5.10 Å². The van der Waals surface area contributed by atoms with Crippen LogP contribution in [0.2, 0.25) is 0 Å². The minimum atomic E-state index is -1.12. The van der Waals surface area contributed by atoms with E-state index in [0.717, 1.165) is 29.0 Å². The van der Waals surface area contributed by atoms with Gasteiger partial charge in [-0.1, -0.05) is 62.4 Å². The number of nitrogens with zero attached hydrogens (tertiary/aromatic N) is 2. The van der Waals surface area contributed by atoms with Crippen molar-refractivity contribution in [3.05, 3.63) is 87.7 Å². The van der Waals surface area contributed by atoms with Crippen LogP contribution in [0, 0.1) is 15.5 Å². The molecule has 0 amide bonds. The van der Waals surface area contributed by atoms with E-state index in [-0.39, 0.29) is 10.3 Å². The molecule has 1 aliphatic carbocycles. The van der Waals surface area contributed by atoms with Gasteiger partial charge in [-0.25, -0.2) is 0 Å². The molecule has 2 atom stereocenters. The number of allylic oxidation sites excluding steroid dienone is 1. The van der Waals surface area contributed by atoms with E-state index in [2.05, 4.69) is 24.4 Å². The number of hydrazone groups is 1. The van der Waals surface area contributed by atoms with Gasteiger partial charge in [0.2, 0.25) is 0 Å². The van der Waals surface area contributed by atoms with E-state index in [4.69, 9.17) is 4.74 Å². The van der Waals surface area contributed by atoms with Gasteiger partial charge in [0.15, 0.2) is 0 Å². The normalized spacial score (nSPS) is 24.6. The molecule has 0 spiro atoms. The molecule has 6 heteroatoms. The number of benzene rings is 2. The summed E-state index contributed by atoms with van der Waals surface area (Å²) in [6, 6.07) is 19.2. The highest BCUT2D eigenvalue weighted by Crippen LogP contribution is 2.49. The van der Waals surface area contributed by atoms with Gasteiger partial charge in [0.25, 0.3) is 0 Å². The minimum absolute atomic E-state index is 0.0806. The Kier molecular flexibility index (Phi) is 4.63. The molecule has 6 nitrogen and oxygen atoms in total. The second-order valence-corrected chi connectivity index (χ2v) is 8.07. The summed E-state index contributed by atoms with van der Waals surface area (Å²) in [7, 11) is 0. The van der Waals surface area contributed by atoms with Crippen molar-refractivity contribution in [3.63, 3.8) is 0 Å². The van der Waals surface area contributed by atoms with Crippen LogP contribution >= 0.6 is 0 Å². The Labute approximate surface area is 164 Å². The first-order chi connectivity index (χ1) is 13.4. The van der Waals surface area contributed by atoms with Crippen molar-refractivity contribution in [2.24, 2.45) is 10.5 Å². The fourth-order valence-corrected chi connectivity index (χ4v) is 4.02. The zero-order valence-corrected chi connectivity index (χ0v) is 16.0. The number of nitrogens with one attached hydrogen (secondary N) is 1. The third-order valence-electron chi connectivity index (χ3n) is 5.22. The van der Waals surface area contributed by atoms with Crippen LogP contribution in [0.4, 0.5) is 5.69 Å². The van der Waals surface area contributed by atoms with Crippen LogP contribution < -0.4 is 5.43 Å². The molecule has 2 aliphatic rings. The van der Waals surface area contributed by atoms with Crippen LogP contribution in [0.25, 0.3) is 0 Å². The van der Waals surface area contributed by atoms with Gasteiger partial charge in [0.05, 0.1) is 16.3 Å². The van der Waals surface area contributed by atoms with Crippen LogP contribution in [0.1, 0.15) is 38.2 Å². The number of ether oxygens (including phenoxy) is 1. The van der Waals surface area contributed by atoms with Gasteiger partial charge >= 0.3 is 6.23 Å². The Balaban J connectivity index is 1.77. The first-order valence-corrected chi connectivity index (χ1v) is 9.41. The van der Waals surface area contributed by atoms with E-state index in [9.17, 15) is 10.1 Å². The van der Waals surface area contributed by atoms with Gasteiger partial charge in [-0.05, 0) is 29.5 Å². The molecule has 1 aliphatic heterocycles. The summed E-state index contributed by atoms with van der Waals surface area (Å²) in [5, 5.41) is 16.4. The molecule has 0 radical (unpaired) electrons. The fourth-order valence-electron chi connectivity index (χ4n) is 4.02. The van der Waals surface area contributed by atoms with Crippen LogP contribution in [-0.2, 0) is 4.74 Å². The van der Waals surface area contributed by atoms with Gasteiger partial charge in [-0.3, -0.25) is 15.5 Å². The maximum Gasteiger partial charge on any atom is 0.364 e. The molecule has 28 heavy (non-hydrogen) atoms. The number of hydrogen-bond acceptors (Lipinski definition) is 5. The van der Waals surface area contributed by atoms with Crippen molar-refractivity contribution < 1.29 is 9.66 Å². The summed E-state index contributed by atoms with van der Waals surface area (Å²) in [5.74, 6) is 0.235. The first-order valence-electron chi connectivity index (χ1n) is 9.41. The predicted molar refractivity (Wildman–Crippen MR) is 109 cm³/mol. The van der Waals surface area contributed by atoms with E-state index < -0.39 is 12.1 Å². The molecule has 1 N–H and O–H groups in total. The summed E-state index contributed by atoms with van der Waals surface area (Å²) in [6.07, 6.45) is 0.270. The third-order valence-corrected chi connectivity index (χ3v) is 5.22. The minimum Gasteiger partial charge on any atom is -0.433 e. The summed E-state index contributed by atoms with van der Waals surface area (Å²) in [4.78, 5) is 11.4. The molecule has 0 bridgehead atoms. The lowest BCUT2D eigenvalue weighted by Crippen LogP contribution is -2.29. The summed E-state index contributed by atoms with van der Waals surface area (Å²) >= 11 is 0. The van der Waals surface area contributed by atoms with Gasteiger partial charge < -0.3 is 4.74 Å². The molecule has 2 aromatic carbocycles. The zero-order chi connectivity index (χ0) is 19.7. The number of hydrogen-bond donors (Lipinski definition) is 1. The highest BCUT2D eigenvalue weighted by Gasteiger charge is 2.50. The molecule has 1 heterocycles. The molecule has 144 valence electrons. The monoisotopic (exact) mass is 377 g/mol. The maximum atomic E-state index is 11.8. The Morgan fingerprint density at radius 2 is 1.71 bits per heavy atom. The molecule has 2 aromatic rings. The van der Waals surface area contributed by atoms with Crippen molar-refractivity contribution in [2.75, 3.05) is 5.43 Å². The van der Waals surface area contributed by atoms with E-state index >= 15 is 0 Å². The summed E-state index contributed by atoms with van der Waals surface area (Å²) in [5.41, 5.74) is 6.47. The standard InChI is InChI=1S/C22H23N3O3/c1-22(2)13-17(24-23-16-11-7-4-8-12-16)20-18(14-22)28-21(25(26)27)19(20)15-9-5-3-6-10-15/h3-12,19,21,23H,13-14H2,1-2H3/b24-17-/t19-,21-/m0/s1. The highest BCUT2D eigenvalue weighted by molar-refractivity contribution is 6.04. The molecule has 4 rings (SSSR count). The van der Waals surface area contributed by atoms with Crippen LogP contribution in [0.5, 0.6) is 0 Å². The SMILES string of the molecule is CC1(C)CC2=C(/C(=N\Nc3ccccc3)C1)[C@H](c1ccccc1)[C@@H]([N+](=O)[O-])O2. The van der Waals surface area contributed by atoms with Gasteiger partial charge in [-0.15, -0.1) is 0 Å². The number of anilines is 1. The fraction of sp³-hybridized carbons (Fsp3) is 0.318. The molecule has 0 fully saturated rings. The van der Waals surface area contributed by atoms with Gasteiger partial charge in [0, 0.05) is 12.0 Å². The lowest BCUT2D eigenvalue weighted by Gasteiger charge is -2.31. The lowest BCUT2D eigenvalue weighted by atomic mass is 9.73. The van der Waals surface area contributed by atoms with Crippen LogP contribution in [0.3, 0.4) is 0 Å². The van der Waals surface area contributed by atoms with Crippen molar-refractivity contribution in [1.29, 1.82) is 0 Å². The van der Waals surface area contributed by atoms with Crippen molar-refractivity contribution >= 4 is 11.4 Å². The van der Waals surface area contributed by atoms with Crippen LogP contribution in [0.15, 0.2) is 77.1 Å². The molecule has 0 unspecified atom stereocenters. The van der Waals surface area contributed by atoms with E-state index in [1.165, 1.54) is 0 Å². The van der Waals surface area contributed by atoms with E-state index in [1.807, 2.05) is 60.7 Å². The second kappa shape index (κ2) is 7.11. The van der Waals surface area contributed by atoms with Crippen LogP contribution in [-0.4, -0.2) is 16.9 Å². The van der Waals surface area contributed by atoms with E-state index in [0.29, 0.717) is 12.2 Å². The highest BCUT2D eigenvalue weighted by atomic mass is 16.7. The third kappa shape index (κ3) is 3.50. The molecule has 0 saturated carbocycles. The average molecular weight is 377 g/mol. The Hall–Kier alpha value is -3.15. The molecule has 0 saturated heterocycles. The van der Waals surface area contributed by atoms with Gasteiger partial charge in [0.1, 0.15) is 11.7 Å². The molecular weight excluding hydrogens is 354 g/mol. The predicted octanol–water partition coefficient (Wildman–Crippen LogP) is 4.95.